The van der Waals surface area contributed by atoms with Crippen LogP contribution in [-0.4, -0.2) is 23.5 Å². The number of nitrogens with zero attached hydrogens (tertiary/aromatic N) is 1. The smallest absolute Gasteiger partial charge is 0.258 e. The zero-order valence-corrected chi connectivity index (χ0v) is 13.2. The van der Waals surface area contributed by atoms with E-state index >= 15 is 0 Å². The van der Waals surface area contributed by atoms with E-state index in [-0.39, 0.29) is 12.1 Å². The summed E-state index contributed by atoms with van der Waals surface area (Å²) in [6.45, 7) is 2.59. The van der Waals surface area contributed by atoms with Gasteiger partial charge in [0.2, 0.25) is 0 Å². The Morgan fingerprint density at radius 1 is 1.13 bits per heavy atom. The number of para-hydroxylation sites is 2. The fourth-order valence-corrected chi connectivity index (χ4v) is 3.22. The third-order valence-electron chi connectivity index (χ3n) is 4.42. The summed E-state index contributed by atoms with van der Waals surface area (Å²) >= 11 is 0. The molecule has 4 nitrogen and oxygen atoms in total. The molecule has 1 heterocycles. The number of hydrogen-bond donors (Lipinski definition) is 1. The van der Waals surface area contributed by atoms with Gasteiger partial charge in [0.05, 0.1) is 12.2 Å². The Morgan fingerprint density at radius 3 is 2.65 bits per heavy atom. The molecule has 0 aromatic heterocycles. The molecule has 4 heteroatoms. The van der Waals surface area contributed by atoms with E-state index in [9.17, 15) is 4.79 Å². The molecule has 2 aromatic rings. The molecule has 118 valence electrons. The van der Waals surface area contributed by atoms with Crippen molar-refractivity contribution in [1.82, 2.24) is 4.90 Å². The highest BCUT2D eigenvalue weighted by atomic mass is 16.5. The van der Waals surface area contributed by atoms with E-state index in [0.29, 0.717) is 12.6 Å². The van der Waals surface area contributed by atoms with Crippen molar-refractivity contribution in [2.75, 3.05) is 11.9 Å². The van der Waals surface area contributed by atoms with E-state index in [2.05, 4.69) is 5.32 Å². The normalized spacial score (nSPS) is 20.0. The predicted molar refractivity (Wildman–Crippen MR) is 89.6 cm³/mol. The van der Waals surface area contributed by atoms with Gasteiger partial charge in [-0.15, -0.1) is 0 Å². The van der Waals surface area contributed by atoms with Crippen LogP contribution in [0.1, 0.15) is 41.9 Å². The van der Waals surface area contributed by atoms with Crippen molar-refractivity contribution in [3.63, 3.8) is 0 Å². The molecule has 1 unspecified atom stereocenters. The van der Waals surface area contributed by atoms with E-state index < -0.39 is 0 Å². The van der Waals surface area contributed by atoms with Gasteiger partial charge in [-0.3, -0.25) is 4.79 Å². The van der Waals surface area contributed by atoms with Gasteiger partial charge >= 0.3 is 0 Å². The number of anilines is 1. The Balaban J connectivity index is 1.79. The highest BCUT2D eigenvalue weighted by Gasteiger charge is 2.42. The van der Waals surface area contributed by atoms with Crippen molar-refractivity contribution >= 4 is 11.6 Å². The molecule has 23 heavy (non-hydrogen) atoms. The van der Waals surface area contributed by atoms with Gasteiger partial charge < -0.3 is 15.0 Å². The molecule has 0 saturated heterocycles. The second-order valence-corrected chi connectivity index (χ2v) is 6.01. The highest BCUT2D eigenvalue weighted by molar-refractivity contribution is 6.02. The standard InChI is InChI=1S/C19H20N2O2/c1-2-23-17-10-6-4-8-15(17)18-20-16-9-5-3-7-14(16)19(22)21(18)13-11-12-13/h3-10,13,18,20H,2,11-12H2,1H3. The zero-order chi connectivity index (χ0) is 15.8. The number of fused-ring (bicyclic) bond motifs is 1. The Kier molecular flexibility index (Phi) is 3.45. The van der Waals surface area contributed by atoms with Crippen LogP contribution in [0.25, 0.3) is 0 Å². The van der Waals surface area contributed by atoms with E-state index in [4.69, 9.17) is 4.74 Å². The van der Waals surface area contributed by atoms with Crippen LogP contribution in [0, 0.1) is 0 Å². The average Bonchev–Trinajstić information content (AvgIpc) is 3.40. The number of nitrogens with one attached hydrogen (secondary N) is 1. The molecule has 1 saturated carbocycles. The second-order valence-electron chi connectivity index (χ2n) is 6.01. The third kappa shape index (κ3) is 2.44. The molecule has 1 aliphatic carbocycles. The van der Waals surface area contributed by atoms with Crippen molar-refractivity contribution in [3.8, 4) is 5.75 Å². The minimum atomic E-state index is -0.173. The lowest BCUT2D eigenvalue weighted by atomic mass is 10.0. The SMILES string of the molecule is CCOc1ccccc1C1Nc2ccccc2C(=O)N1C1CC1. The van der Waals surface area contributed by atoms with Gasteiger partial charge in [-0.2, -0.15) is 0 Å². The first kappa shape index (κ1) is 14.1. The topological polar surface area (TPSA) is 41.6 Å². The molecule has 4 rings (SSSR count). The van der Waals surface area contributed by atoms with Crippen molar-refractivity contribution in [2.45, 2.75) is 32.0 Å². The first-order valence-electron chi connectivity index (χ1n) is 8.19. The molecule has 1 N–H and O–H groups in total. The number of carbonyl (C=O) groups is 1. The summed E-state index contributed by atoms with van der Waals surface area (Å²) in [5.74, 6) is 0.948. The molecule has 0 bridgehead atoms. The monoisotopic (exact) mass is 308 g/mol. The molecular formula is C19H20N2O2. The van der Waals surface area contributed by atoms with Gasteiger partial charge in [-0.05, 0) is 38.0 Å². The Hall–Kier alpha value is -2.49. The van der Waals surface area contributed by atoms with Gasteiger partial charge in [-0.1, -0.05) is 30.3 Å². The summed E-state index contributed by atoms with van der Waals surface area (Å²) in [5, 5.41) is 3.54. The van der Waals surface area contributed by atoms with Gasteiger partial charge in [0, 0.05) is 17.3 Å². The van der Waals surface area contributed by atoms with Crippen molar-refractivity contribution in [2.24, 2.45) is 0 Å². The summed E-state index contributed by atoms with van der Waals surface area (Å²) in [6.07, 6.45) is 1.97. The fraction of sp³-hybridized carbons (Fsp3) is 0.316. The summed E-state index contributed by atoms with van der Waals surface area (Å²) in [4.78, 5) is 15.0. The number of hydrogen-bond acceptors (Lipinski definition) is 3. The average molecular weight is 308 g/mol. The van der Waals surface area contributed by atoms with Crippen molar-refractivity contribution in [1.29, 1.82) is 0 Å². The van der Waals surface area contributed by atoms with E-state index in [1.54, 1.807) is 0 Å². The molecule has 2 aliphatic rings. The predicted octanol–water partition coefficient (Wildman–Crippen LogP) is 3.81. The Bertz CT molecular complexity index is 740. The minimum absolute atomic E-state index is 0.109. The summed E-state index contributed by atoms with van der Waals surface area (Å²) in [6, 6.07) is 16.0. The summed E-state index contributed by atoms with van der Waals surface area (Å²) in [7, 11) is 0. The molecule has 0 radical (unpaired) electrons. The van der Waals surface area contributed by atoms with Crippen LogP contribution in [-0.2, 0) is 0 Å². The first-order chi connectivity index (χ1) is 11.3. The lowest BCUT2D eigenvalue weighted by molar-refractivity contribution is 0.0664. The van der Waals surface area contributed by atoms with Gasteiger partial charge in [0.25, 0.3) is 5.91 Å². The largest absolute Gasteiger partial charge is 0.493 e. The van der Waals surface area contributed by atoms with Crippen molar-refractivity contribution in [3.05, 3.63) is 59.7 Å². The Labute approximate surface area is 136 Å². The lowest BCUT2D eigenvalue weighted by Crippen LogP contribution is -2.44. The molecule has 0 spiro atoms. The fourth-order valence-electron chi connectivity index (χ4n) is 3.22. The lowest BCUT2D eigenvalue weighted by Gasteiger charge is -2.38. The third-order valence-corrected chi connectivity index (χ3v) is 4.42. The van der Waals surface area contributed by atoms with E-state index in [1.807, 2.05) is 60.4 Å². The molecular weight excluding hydrogens is 288 g/mol. The van der Waals surface area contributed by atoms with Crippen molar-refractivity contribution < 1.29 is 9.53 Å². The molecule has 1 aliphatic heterocycles. The van der Waals surface area contributed by atoms with E-state index in [1.165, 1.54) is 0 Å². The van der Waals surface area contributed by atoms with Crippen LogP contribution < -0.4 is 10.1 Å². The number of carbonyl (C=O) groups excluding carboxylic acids is 1. The second kappa shape index (κ2) is 5.61. The van der Waals surface area contributed by atoms with Gasteiger partial charge in [-0.25, -0.2) is 0 Å². The minimum Gasteiger partial charge on any atom is -0.493 e. The maximum atomic E-state index is 13.0. The van der Waals surface area contributed by atoms with Gasteiger partial charge in [0.1, 0.15) is 11.9 Å². The molecule has 2 aromatic carbocycles. The number of benzene rings is 2. The summed E-state index contributed by atoms with van der Waals surface area (Å²) < 4.78 is 5.78. The highest BCUT2D eigenvalue weighted by Crippen LogP contribution is 2.42. The first-order valence-corrected chi connectivity index (χ1v) is 8.19. The molecule has 1 fully saturated rings. The van der Waals surface area contributed by atoms with Crippen LogP contribution in [0.3, 0.4) is 0 Å². The van der Waals surface area contributed by atoms with E-state index in [0.717, 1.165) is 35.4 Å². The van der Waals surface area contributed by atoms with Crippen LogP contribution in [0.15, 0.2) is 48.5 Å². The molecule has 1 atom stereocenters. The zero-order valence-electron chi connectivity index (χ0n) is 13.2. The van der Waals surface area contributed by atoms with Gasteiger partial charge in [0.15, 0.2) is 0 Å². The van der Waals surface area contributed by atoms with Crippen LogP contribution in [0.2, 0.25) is 0 Å². The number of rotatable bonds is 4. The molecule has 1 amide bonds. The number of amides is 1. The number of ether oxygens (including phenoxy) is 1. The quantitative estimate of drug-likeness (QED) is 0.933. The van der Waals surface area contributed by atoms with Crippen LogP contribution in [0.4, 0.5) is 5.69 Å². The maximum Gasteiger partial charge on any atom is 0.258 e. The summed E-state index contributed by atoms with van der Waals surface area (Å²) in [5.41, 5.74) is 2.67. The Morgan fingerprint density at radius 2 is 1.87 bits per heavy atom. The maximum absolute atomic E-state index is 13.0. The van der Waals surface area contributed by atoms with Crippen LogP contribution in [0.5, 0.6) is 5.75 Å². The van der Waals surface area contributed by atoms with Crippen LogP contribution >= 0.6 is 0 Å².